The molecule has 19 heavy (non-hydrogen) atoms. The first-order valence-electron chi connectivity index (χ1n) is 5.53. The Labute approximate surface area is 113 Å². The summed E-state index contributed by atoms with van der Waals surface area (Å²) in [5.41, 5.74) is 2.37. The summed E-state index contributed by atoms with van der Waals surface area (Å²) in [5, 5.41) is 10.9. The summed E-state index contributed by atoms with van der Waals surface area (Å²) in [6.45, 7) is 2.33. The smallest absolute Gasteiger partial charge is 0.327 e. The van der Waals surface area contributed by atoms with Gasteiger partial charge < -0.3 is 4.90 Å². The molecule has 0 atom stereocenters. The molecule has 2 rings (SSSR count). The van der Waals surface area contributed by atoms with Crippen molar-refractivity contribution in [2.45, 2.75) is 13.5 Å². The molecule has 0 unspecified atom stereocenters. The maximum atomic E-state index is 13.5. The molecule has 0 fully saturated rings. The van der Waals surface area contributed by atoms with Crippen molar-refractivity contribution in [2.24, 2.45) is 0 Å². The van der Waals surface area contributed by atoms with Gasteiger partial charge in [0.05, 0.1) is 22.7 Å². The third kappa shape index (κ3) is 2.70. The van der Waals surface area contributed by atoms with Crippen molar-refractivity contribution in [3.63, 3.8) is 0 Å². The number of aromatic nitrogens is 1. The van der Waals surface area contributed by atoms with Gasteiger partial charge >= 0.3 is 5.69 Å². The van der Waals surface area contributed by atoms with E-state index in [2.05, 4.69) is 4.98 Å². The Morgan fingerprint density at radius 2 is 2.26 bits per heavy atom. The van der Waals surface area contributed by atoms with Gasteiger partial charge in [0, 0.05) is 11.9 Å². The summed E-state index contributed by atoms with van der Waals surface area (Å²) in [6.07, 6.45) is 0. The molecule has 1 aromatic heterocycles. The molecule has 2 aromatic rings. The van der Waals surface area contributed by atoms with Crippen LogP contribution in [-0.2, 0) is 6.54 Å². The van der Waals surface area contributed by atoms with Crippen LogP contribution in [0.1, 0.15) is 10.6 Å². The normalized spacial score (nSPS) is 10.5. The molecule has 0 amide bonds. The largest absolute Gasteiger partial charge is 0.364 e. The molecule has 7 heteroatoms. The summed E-state index contributed by atoms with van der Waals surface area (Å²) in [4.78, 5) is 17.0. The quantitative estimate of drug-likeness (QED) is 0.638. The number of hydrogen-bond acceptors (Lipinski definition) is 5. The van der Waals surface area contributed by atoms with Gasteiger partial charge in [0.2, 0.25) is 5.82 Å². The van der Waals surface area contributed by atoms with Crippen LogP contribution in [0.3, 0.4) is 0 Å². The highest BCUT2D eigenvalue weighted by atomic mass is 32.1. The molecule has 0 N–H and O–H groups in total. The van der Waals surface area contributed by atoms with Gasteiger partial charge in [0.25, 0.3) is 0 Å². The third-order valence-electron chi connectivity index (χ3n) is 2.78. The second kappa shape index (κ2) is 5.31. The summed E-state index contributed by atoms with van der Waals surface area (Å²) in [6, 6.07) is 4.10. The average Bonchev–Trinajstić information content (AvgIpc) is 2.74. The Hall–Kier alpha value is -2.02. The number of halogens is 1. The standard InChI is InChI=1S/C12H12FN3O2S/c1-8-11(19-7-14-8)6-15(2)10-5-3-4-9(13)12(10)16(17)18/h3-5,7H,6H2,1-2H3. The first-order chi connectivity index (χ1) is 9.00. The summed E-state index contributed by atoms with van der Waals surface area (Å²) in [5.74, 6) is -0.824. The number of hydrogen-bond donors (Lipinski definition) is 0. The van der Waals surface area contributed by atoms with Crippen LogP contribution in [0.5, 0.6) is 0 Å². The Morgan fingerprint density at radius 3 is 2.84 bits per heavy atom. The molecule has 100 valence electrons. The summed E-state index contributed by atoms with van der Waals surface area (Å²) < 4.78 is 13.5. The monoisotopic (exact) mass is 281 g/mol. The fraction of sp³-hybridized carbons (Fsp3) is 0.250. The molecule has 0 aliphatic rings. The fourth-order valence-corrected chi connectivity index (χ4v) is 2.60. The Bertz CT molecular complexity index is 615. The fourth-order valence-electron chi connectivity index (χ4n) is 1.77. The lowest BCUT2D eigenvalue weighted by atomic mass is 10.2. The molecule has 0 radical (unpaired) electrons. The molecule has 0 aliphatic heterocycles. The SMILES string of the molecule is Cc1ncsc1CN(C)c1cccc(F)c1[N+](=O)[O-]. The van der Waals surface area contributed by atoms with Crippen LogP contribution in [0.2, 0.25) is 0 Å². The predicted molar refractivity (Wildman–Crippen MR) is 72.0 cm³/mol. The third-order valence-corrected chi connectivity index (χ3v) is 3.70. The summed E-state index contributed by atoms with van der Waals surface area (Å²) in [7, 11) is 1.70. The van der Waals surface area contributed by atoms with Crippen LogP contribution in [0, 0.1) is 22.9 Å². The maximum absolute atomic E-state index is 13.5. The van der Waals surface area contributed by atoms with Gasteiger partial charge in [-0.05, 0) is 19.1 Å². The first kappa shape index (κ1) is 13.4. The highest BCUT2D eigenvalue weighted by Gasteiger charge is 2.22. The lowest BCUT2D eigenvalue weighted by Crippen LogP contribution is -2.18. The van der Waals surface area contributed by atoms with Crippen molar-refractivity contribution in [2.75, 3.05) is 11.9 Å². The number of nitro benzene ring substituents is 1. The first-order valence-corrected chi connectivity index (χ1v) is 6.41. The van der Waals surface area contributed by atoms with Crippen LogP contribution >= 0.6 is 11.3 Å². The van der Waals surface area contributed by atoms with Crippen molar-refractivity contribution in [1.82, 2.24) is 4.98 Å². The maximum Gasteiger partial charge on any atom is 0.327 e. The van der Waals surface area contributed by atoms with E-state index in [9.17, 15) is 14.5 Å². The second-order valence-electron chi connectivity index (χ2n) is 4.08. The Kier molecular flexibility index (Phi) is 3.75. The van der Waals surface area contributed by atoms with Crippen molar-refractivity contribution in [3.8, 4) is 0 Å². The lowest BCUT2D eigenvalue weighted by Gasteiger charge is -2.18. The highest BCUT2D eigenvalue weighted by molar-refractivity contribution is 7.09. The van der Waals surface area contributed by atoms with Crippen molar-refractivity contribution in [1.29, 1.82) is 0 Å². The van der Waals surface area contributed by atoms with E-state index < -0.39 is 16.4 Å². The minimum Gasteiger partial charge on any atom is -0.364 e. The topological polar surface area (TPSA) is 59.3 Å². The molecule has 0 aliphatic carbocycles. The molecular weight excluding hydrogens is 269 g/mol. The van der Waals surface area contributed by atoms with Gasteiger partial charge in [0.1, 0.15) is 5.69 Å². The van der Waals surface area contributed by atoms with Crippen LogP contribution in [0.4, 0.5) is 15.8 Å². The number of thiazole rings is 1. The van der Waals surface area contributed by atoms with E-state index in [-0.39, 0.29) is 5.69 Å². The zero-order valence-electron chi connectivity index (χ0n) is 10.5. The molecule has 1 heterocycles. The molecular formula is C12H12FN3O2S. The van der Waals surface area contributed by atoms with Gasteiger partial charge in [-0.3, -0.25) is 10.1 Å². The molecule has 0 spiro atoms. The van der Waals surface area contributed by atoms with Crippen LogP contribution in [0.25, 0.3) is 0 Å². The number of benzene rings is 1. The second-order valence-corrected chi connectivity index (χ2v) is 5.02. The van der Waals surface area contributed by atoms with Crippen molar-refractivity contribution >= 4 is 22.7 Å². The van der Waals surface area contributed by atoms with E-state index in [0.29, 0.717) is 6.54 Å². The van der Waals surface area contributed by atoms with E-state index in [1.807, 2.05) is 6.92 Å². The number of anilines is 1. The van der Waals surface area contributed by atoms with Gasteiger partial charge in [0.15, 0.2) is 0 Å². The zero-order valence-corrected chi connectivity index (χ0v) is 11.3. The number of rotatable bonds is 4. The predicted octanol–water partition coefficient (Wildman–Crippen LogP) is 3.14. The van der Waals surface area contributed by atoms with Gasteiger partial charge in [-0.25, -0.2) is 4.98 Å². The highest BCUT2D eigenvalue weighted by Crippen LogP contribution is 2.31. The molecule has 5 nitrogen and oxygen atoms in total. The Morgan fingerprint density at radius 1 is 1.53 bits per heavy atom. The average molecular weight is 281 g/mol. The number of para-hydroxylation sites is 1. The van der Waals surface area contributed by atoms with E-state index in [1.165, 1.54) is 23.5 Å². The van der Waals surface area contributed by atoms with Crippen LogP contribution in [0.15, 0.2) is 23.7 Å². The van der Waals surface area contributed by atoms with E-state index >= 15 is 0 Å². The van der Waals surface area contributed by atoms with Gasteiger partial charge in [-0.2, -0.15) is 4.39 Å². The van der Waals surface area contributed by atoms with E-state index in [1.54, 1.807) is 17.5 Å². The molecule has 1 aromatic carbocycles. The van der Waals surface area contributed by atoms with Gasteiger partial charge in [-0.15, -0.1) is 11.3 Å². The van der Waals surface area contributed by atoms with Gasteiger partial charge in [-0.1, -0.05) is 6.07 Å². The molecule has 0 saturated heterocycles. The Balaban J connectivity index is 2.34. The number of nitro groups is 1. The molecule has 0 bridgehead atoms. The zero-order chi connectivity index (χ0) is 14.0. The lowest BCUT2D eigenvalue weighted by molar-refractivity contribution is -0.386. The number of aryl methyl sites for hydroxylation is 1. The van der Waals surface area contributed by atoms with Crippen LogP contribution < -0.4 is 4.90 Å². The van der Waals surface area contributed by atoms with Crippen molar-refractivity contribution < 1.29 is 9.31 Å². The minimum absolute atomic E-state index is 0.262. The molecule has 0 saturated carbocycles. The van der Waals surface area contributed by atoms with E-state index in [4.69, 9.17) is 0 Å². The number of nitrogens with zero attached hydrogens (tertiary/aromatic N) is 3. The summed E-state index contributed by atoms with van der Waals surface area (Å²) >= 11 is 1.47. The van der Waals surface area contributed by atoms with Crippen LogP contribution in [-0.4, -0.2) is 17.0 Å². The van der Waals surface area contributed by atoms with E-state index in [0.717, 1.165) is 16.6 Å². The minimum atomic E-state index is -0.824. The van der Waals surface area contributed by atoms with Crippen molar-refractivity contribution in [3.05, 3.63) is 50.2 Å².